The summed E-state index contributed by atoms with van der Waals surface area (Å²) in [6.07, 6.45) is 3.63. The predicted octanol–water partition coefficient (Wildman–Crippen LogP) is 3.00. The molecule has 0 bridgehead atoms. The van der Waals surface area contributed by atoms with Gasteiger partial charge in [0.1, 0.15) is 0 Å². The zero-order chi connectivity index (χ0) is 13.7. The summed E-state index contributed by atoms with van der Waals surface area (Å²) in [6, 6.07) is 8.91. The second-order valence-electron chi connectivity index (χ2n) is 5.93. The van der Waals surface area contributed by atoms with Crippen LogP contribution >= 0.6 is 0 Å². The van der Waals surface area contributed by atoms with Gasteiger partial charge in [-0.05, 0) is 31.7 Å². The summed E-state index contributed by atoms with van der Waals surface area (Å²) in [5.74, 6) is 0. The van der Waals surface area contributed by atoms with E-state index in [0.29, 0.717) is 5.54 Å². The van der Waals surface area contributed by atoms with Crippen molar-refractivity contribution < 1.29 is 0 Å². The van der Waals surface area contributed by atoms with Crippen LogP contribution in [0.15, 0.2) is 24.3 Å². The number of rotatable bonds is 5. The fraction of sp³-hybridized carbons (Fsp3) is 0.647. The van der Waals surface area contributed by atoms with Gasteiger partial charge in [-0.15, -0.1) is 0 Å². The maximum absolute atomic E-state index is 3.73. The highest BCUT2D eigenvalue weighted by atomic mass is 15.2. The minimum atomic E-state index is 0.352. The number of nitrogens with one attached hydrogen (secondary N) is 1. The first-order valence-corrected chi connectivity index (χ1v) is 7.70. The normalized spacial score (nSPS) is 19.5. The van der Waals surface area contributed by atoms with Crippen LogP contribution in [0.25, 0.3) is 0 Å². The highest BCUT2D eigenvalue weighted by molar-refractivity contribution is 5.22. The van der Waals surface area contributed by atoms with Gasteiger partial charge >= 0.3 is 0 Å². The average Bonchev–Trinajstić information content (AvgIpc) is 2.45. The first kappa shape index (κ1) is 14.5. The Kier molecular flexibility index (Phi) is 5.00. The van der Waals surface area contributed by atoms with Crippen molar-refractivity contribution in [3.8, 4) is 0 Å². The highest BCUT2D eigenvalue weighted by Gasteiger charge is 2.31. The number of hydrogen-bond donors (Lipinski definition) is 1. The molecular weight excluding hydrogens is 232 g/mol. The van der Waals surface area contributed by atoms with E-state index in [-0.39, 0.29) is 0 Å². The van der Waals surface area contributed by atoms with Crippen LogP contribution in [-0.4, -0.2) is 36.6 Å². The van der Waals surface area contributed by atoms with Crippen LogP contribution in [0.4, 0.5) is 0 Å². The van der Waals surface area contributed by atoms with Gasteiger partial charge < -0.3 is 5.32 Å². The molecule has 1 saturated heterocycles. The Morgan fingerprint density at radius 2 is 2.05 bits per heavy atom. The molecule has 1 aliphatic heterocycles. The predicted molar refractivity (Wildman–Crippen MR) is 82.6 cm³/mol. The lowest BCUT2D eigenvalue weighted by Gasteiger charge is -2.43. The quantitative estimate of drug-likeness (QED) is 0.875. The van der Waals surface area contributed by atoms with E-state index in [1.807, 2.05) is 0 Å². The summed E-state index contributed by atoms with van der Waals surface area (Å²) in [5, 5.41) is 3.73. The van der Waals surface area contributed by atoms with Crippen LogP contribution in [0, 0.1) is 6.92 Å². The maximum Gasteiger partial charge on any atom is 0.0304 e. The van der Waals surface area contributed by atoms with Crippen molar-refractivity contribution in [1.29, 1.82) is 0 Å². The van der Waals surface area contributed by atoms with Crippen molar-refractivity contribution in [1.82, 2.24) is 10.2 Å². The Labute approximate surface area is 118 Å². The largest absolute Gasteiger partial charge is 0.309 e. The third-order valence-electron chi connectivity index (χ3n) is 4.61. The van der Waals surface area contributed by atoms with Crippen LogP contribution in [0.3, 0.4) is 0 Å². The van der Waals surface area contributed by atoms with Gasteiger partial charge in [0.25, 0.3) is 0 Å². The van der Waals surface area contributed by atoms with Gasteiger partial charge in [0, 0.05) is 31.7 Å². The van der Waals surface area contributed by atoms with E-state index in [1.54, 1.807) is 0 Å². The van der Waals surface area contributed by atoms with Crippen molar-refractivity contribution in [2.75, 3.05) is 26.2 Å². The van der Waals surface area contributed by atoms with Gasteiger partial charge in [0.05, 0.1) is 0 Å². The smallest absolute Gasteiger partial charge is 0.0304 e. The lowest BCUT2D eigenvalue weighted by molar-refractivity contribution is 0.125. The second kappa shape index (κ2) is 6.53. The SMILES string of the molecule is CCC1(CC)CN(CCc2cccc(C)c2)CCN1. The third kappa shape index (κ3) is 3.80. The van der Waals surface area contributed by atoms with Gasteiger partial charge in [-0.25, -0.2) is 0 Å². The molecule has 1 aliphatic rings. The first-order valence-electron chi connectivity index (χ1n) is 7.70. The number of piperazine rings is 1. The van der Waals surface area contributed by atoms with Gasteiger partial charge in [0.15, 0.2) is 0 Å². The average molecular weight is 260 g/mol. The second-order valence-corrected chi connectivity index (χ2v) is 5.93. The molecule has 0 amide bonds. The molecule has 1 heterocycles. The molecule has 2 nitrogen and oxygen atoms in total. The molecule has 1 fully saturated rings. The standard InChI is InChI=1S/C17H28N2/c1-4-17(5-2)14-19(12-10-18-17)11-9-16-8-6-7-15(3)13-16/h6-8,13,18H,4-5,9-12,14H2,1-3H3. The molecule has 0 radical (unpaired) electrons. The Morgan fingerprint density at radius 3 is 2.74 bits per heavy atom. The molecule has 2 rings (SSSR count). The maximum atomic E-state index is 3.73. The Balaban J connectivity index is 1.89. The van der Waals surface area contributed by atoms with Gasteiger partial charge in [-0.1, -0.05) is 43.7 Å². The van der Waals surface area contributed by atoms with Crippen LogP contribution < -0.4 is 5.32 Å². The summed E-state index contributed by atoms with van der Waals surface area (Å²) >= 11 is 0. The zero-order valence-electron chi connectivity index (χ0n) is 12.7. The lowest BCUT2D eigenvalue weighted by atomic mass is 9.90. The molecule has 0 aromatic heterocycles. The van der Waals surface area contributed by atoms with E-state index < -0.39 is 0 Å². The third-order valence-corrected chi connectivity index (χ3v) is 4.61. The molecular formula is C17H28N2. The molecule has 0 aliphatic carbocycles. The number of hydrogen-bond acceptors (Lipinski definition) is 2. The fourth-order valence-corrected chi connectivity index (χ4v) is 3.11. The molecule has 1 aromatic carbocycles. The summed E-state index contributed by atoms with van der Waals surface area (Å²) in [6.45, 7) is 11.5. The Hall–Kier alpha value is -0.860. The van der Waals surface area contributed by atoms with Gasteiger partial charge in [-0.2, -0.15) is 0 Å². The van der Waals surface area contributed by atoms with E-state index >= 15 is 0 Å². The summed E-state index contributed by atoms with van der Waals surface area (Å²) in [4.78, 5) is 2.63. The van der Waals surface area contributed by atoms with Crippen molar-refractivity contribution in [2.24, 2.45) is 0 Å². The fourth-order valence-electron chi connectivity index (χ4n) is 3.11. The molecule has 0 unspecified atom stereocenters. The molecule has 1 N–H and O–H groups in total. The van der Waals surface area contributed by atoms with E-state index in [4.69, 9.17) is 0 Å². The molecule has 0 spiro atoms. The van der Waals surface area contributed by atoms with Crippen molar-refractivity contribution in [3.05, 3.63) is 35.4 Å². The van der Waals surface area contributed by atoms with E-state index in [2.05, 4.69) is 55.3 Å². The van der Waals surface area contributed by atoms with Gasteiger partial charge in [-0.3, -0.25) is 4.90 Å². The number of benzene rings is 1. The molecule has 106 valence electrons. The van der Waals surface area contributed by atoms with Gasteiger partial charge in [0.2, 0.25) is 0 Å². The van der Waals surface area contributed by atoms with Crippen molar-refractivity contribution >= 4 is 0 Å². The minimum absolute atomic E-state index is 0.352. The molecule has 0 atom stereocenters. The molecule has 1 aromatic rings. The summed E-state index contributed by atoms with van der Waals surface area (Å²) in [5.41, 5.74) is 3.19. The number of nitrogens with zero attached hydrogens (tertiary/aromatic N) is 1. The monoisotopic (exact) mass is 260 g/mol. The van der Waals surface area contributed by atoms with Crippen LogP contribution in [0.1, 0.15) is 37.8 Å². The van der Waals surface area contributed by atoms with Crippen LogP contribution in [-0.2, 0) is 6.42 Å². The summed E-state index contributed by atoms with van der Waals surface area (Å²) in [7, 11) is 0. The zero-order valence-corrected chi connectivity index (χ0v) is 12.7. The Morgan fingerprint density at radius 1 is 1.26 bits per heavy atom. The minimum Gasteiger partial charge on any atom is -0.309 e. The molecule has 19 heavy (non-hydrogen) atoms. The summed E-state index contributed by atoms with van der Waals surface area (Å²) < 4.78 is 0. The first-order chi connectivity index (χ1) is 9.17. The highest BCUT2D eigenvalue weighted by Crippen LogP contribution is 2.20. The topological polar surface area (TPSA) is 15.3 Å². The van der Waals surface area contributed by atoms with E-state index in [9.17, 15) is 0 Å². The van der Waals surface area contributed by atoms with Crippen molar-refractivity contribution in [3.63, 3.8) is 0 Å². The van der Waals surface area contributed by atoms with Crippen LogP contribution in [0.5, 0.6) is 0 Å². The van der Waals surface area contributed by atoms with Crippen molar-refractivity contribution in [2.45, 2.75) is 45.6 Å². The van der Waals surface area contributed by atoms with E-state index in [0.717, 1.165) is 6.54 Å². The molecule has 2 heteroatoms. The lowest BCUT2D eigenvalue weighted by Crippen LogP contribution is -2.60. The molecule has 0 saturated carbocycles. The number of aryl methyl sites for hydroxylation is 1. The Bertz CT molecular complexity index is 396. The van der Waals surface area contributed by atoms with Crippen LogP contribution in [0.2, 0.25) is 0 Å². The van der Waals surface area contributed by atoms with E-state index in [1.165, 1.54) is 50.0 Å².